The first-order chi connectivity index (χ1) is 22.2. The van der Waals surface area contributed by atoms with Gasteiger partial charge in [0, 0.05) is 24.4 Å². The molecule has 4 aromatic rings. The molecule has 9 heteroatoms. The third-order valence-electron chi connectivity index (χ3n) is 8.76. The fourth-order valence-corrected chi connectivity index (χ4v) is 6.07. The SMILES string of the molecule is COc1ccc(N2C(=O)[C@@H](O[C@@]3(C)O[C@H](c4ccccc4)[C@H](C)N(C)C3=O)[C@H]2c2ccc(OC)cc2OCc2ccccc2)cc1. The molecule has 0 unspecified atom stereocenters. The number of amides is 2. The Bertz CT molecular complexity index is 1680. The Kier molecular flexibility index (Phi) is 8.71. The molecule has 0 bridgehead atoms. The van der Waals surface area contributed by atoms with E-state index in [1.165, 1.54) is 0 Å². The second-order valence-corrected chi connectivity index (χ2v) is 11.6. The summed E-state index contributed by atoms with van der Waals surface area (Å²) in [5, 5.41) is 0. The van der Waals surface area contributed by atoms with Crippen LogP contribution in [0.25, 0.3) is 0 Å². The number of carbonyl (C=O) groups is 2. The smallest absolute Gasteiger partial charge is 0.282 e. The Morgan fingerprint density at radius 1 is 0.826 bits per heavy atom. The average molecular weight is 623 g/mol. The first-order valence-corrected chi connectivity index (χ1v) is 15.2. The Morgan fingerprint density at radius 2 is 1.46 bits per heavy atom. The molecule has 238 valence electrons. The first kappa shape index (κ1) is 31.1. The minimum Gasteiger partial charge on any atom is -0.497 e. The molecule has 2 saturated heterocycles. The van der Waals surface area contributed by atoms with Crippen molar-refractivity contribution in [2.45, 2.75) is 50.5 Å². The number of methoxy groups -OCH3 is 2. The van der Waals surface area contributed by atoms with Gasteiger partial charge in [-0.2, -0.15) is 0 Å². The number of carbonyl (C=O) groups excluding carboxylic acids is 2. The van der Waals surface area contributed by atoms with E-state index in [0.29, 0.717) is 35.1 Å². The molecule has 2 fully saturated rings. The summed E-state index contributed by atoms with van der Waals surface area (Å²) in [6.07, 6.45) is -1.52. The minimum absolute atomic E-state index is 0.255. The molecule has 2 amide bonds. The molecule has 0 N–H and O–H groups in total. The van der Waals surface area contributed by atoms with E-state index < -0.39 is 24.0 Å². The molecule has 0 radical (unpaired) electrons. The van der Waals surface area contributed by atoms with Crippen LogP contribution in [0.1, 0.15) is 42.7 Å². The Hall–Kier alpha value is -4.86. The minimum atomic E-state index is -1.73. The summed E-state index contributed by atoms with van der Waals surface area (Å²) >= 11 is 0. The van der Waals surface area contributed by atoms with Gasteiger partial charge in [0.15, 0.2) is 6.10 Å². The van der Waals surface area contributed by atoms with E-state index in [2.05, 4.69) is 0 Å². The number of morpholine rings is 1. The van der Waals surface area contributed by atoms with E-state index in [9.17, 15) is 9.59 Å². The lowest BCUT2D eigenvalue weighted by Gasteiger charge is -2.52. The molecule has 2 aliphatic heterocycles. The van der Waals surface area contributed by atoms with Crippen LogP contribution in [0.5, 0.6) is 17.2 Å². The molecule has 2 aliphatic rings. The van der Waals surface area contributed by atoms with Crippen molar-refractivity contribution >= 4 is 17.5 Å². The monoisotopic (exact) mass is 622 g/mol. The predicted octanol–water partition coefficient (Wildman–Crippen LogP) is 6.09. The maximum absolute atomic E-state index is 14.1. The predicted molar refractivity (Wildman–Crippen MR) is 173 cm³/mol. The van der Waals surface area contributed by atoms with Crippen LogP contribution in [0.3, 0.4) is 0 Å². The van der Waals surface area contributed by atoms with Crippen molar-refractivity contribution in [3.63, 3.8) is 0 Å². The normalized spacial score (nSPS) is 24.4. The fraction of sp³-hybridized carbons (Fsp3) is 0.297. The zero-order chi connectivity index (χ0) is 32.4. The van der Waals surface area contributed by atoms with Crippen LogP contribution in [-0.2, 0) is 25.7 Å². The van der Waals surface area contributed by atoms with Crippen LogP contribution in [0.2, 0.25) is 0 Å². The lowest BCUT2D eigenvalue weighted by atomic mass is 9.88. The van der Waals surface area contributed by atoms with Crippen molar-refractivity contribution < 1.29 is 33.3 Å². The Balaban J connectivity index is 1.38. The van der Waals surface area contributed by atoms with Crippen molar-refractivity contribution in [3.05, 3.63) is 120 Å². The Morgan fingerprint density at radius 3 is 2.11 bits per heavy atom. The number of hydrogen-bond acceptors (Lipinski definition) is 7. The van der Waals surface area contributed by atoms with Gasteiger partial charge in [-0.1, -0.05) is 60.7 Å². The molecule has 5 atom stereocenters. The summed E-state index contributed by atoms with van der Waals surface area (Å²) in [6.45, 7) is 3.83. The summed E-state index contributed by atoms with van der Waals surface area (Å²) in [7, 11) is 4.91. The highest BCUT2D eigenvalue weighted by atomic mass is 16.7. The molecule has 4 aromatic carbocycles. The zero-order valence-corrected chi connectivity index (χ0v) is 26.6. The van der Waals surface area contributed by atoms with E-state index in [-0.39, 0.29) is 17.9 Å². The summed E-state index contributed by atoms with van der Waals surface area (Å²) in [4.78, 5) is 31.1. The summed E-state index contributed by atoms with van der Waals surface area (Å²) in [5.74, 6) is -0.613. The van der Waals surface area contributed by atoms with E-state index in [1.54, 1.807) is 56.2 Å². The highest BCUT2D eigenvalue weighted by Crippen LogP contribution is 2.48. The van der Waals surface area contributed by atoms with Gasteiger partial charge in [0.25, 0.3) is 11.8 Å². The Labute approximate surface area is 269 Å². The van der Waals surface area contributed by atoms with Gasteiger partial charge in [-0.25, -0.2) is 0 Å². The highest BCUT2D eigenvalue weighted by Gasteiger charge is 2.58. The number of hydrogen-bond donors (Lipinski definition) is 0. The van der Waals surface area contributed by atoms with Gasteiger partial charge in [-0.05, 0) is 61.4 Å². The van der Waals surface area contributed by atoms with Crippen molar-refractivity contribution in [1.29, 1.82) is 0 Å². The van der Waals surface area contributed by atoms with E-state index in [1.807, 2.05) is 91.9 Å². The maximum Gasteiger partial charge on any atom is 0.282 e. The molecule has 0 spiro atoms. The number of nitrogens with zero attached hydrogens (tertiary/aromatic N) is 2. The van der Waals surface area contributed by atoms with Crippen molar-refractivity contribution in [2.75, 3.05) is 26.2 Å². The van der Waals surface area contributed by atoms with Gasteiger partial charge in [0.2, 0.25) is 5.79 Å². The third kappa shape index (κ3) is 5.79. The molecule has 9 nitrogen and oxygen atoms in total. The van der Waals surface area contributed by atoms with Crippen LogP contribution in [0.4, 0.5) is 5.69 Å². The number of ether oxygens (including phenoxy) is 5. The molecule has 6 rings (SSSR count). The van der Waals surface area contributed by atoms with Crippen molar-refractivity contribution in [3.8, 4) is 17.2 Å². The summed E-state index contributed by atoms with van der Waals surface area (Å²) in [6, 6.07) is 31.3. The molecule has 2 heterocycles. The highest BCUT2D eigenvalue weighted by molar-refractivity contribution is 6.05. The number of anilines is 1. The van der Waals surface area contributed by atoms with Crippen LogP contribution >= 0.6 is 0 Å². The van der Waals surface area contributed by atoms with Crippen molar-refractivity contribution in [2.24, 2.45) is 0 Å². The lowest BCUT2D eigenvalue weighted by Crippen LogP contribution is -2.67. The third-order valence-corrected chi connectivity index (χ3v) is 8.76. The van der Waals surface area contributed by atoms with E-state index in [4.69, 9.17) is 23.7 Å². The second-order valence-electron chi connectivity index (χ2n) is 11.6. The molecule has 0 aromatic heterocycles. The number of rotatable bonds is 10. The number of β-lactam (4-membered cyclic amide) rings is 1. The molecule has 0 aliphatic carbocycles. The van der Waals surface area contributed by atoms with Gasteiger partial charge >= 0.3 is 0 Å². The molecule has 46 heavy (non-hydrogen) atoms. The molecular weight excluding hydrogens is 584 g/mol. The maximum atomic E-state index is 14.1. The van der Waals surface area contributed by atoms with Gasteiger partial charge < -0.3 is 28.6 Å². The zero-order valence-electron chi connectivity index (χ0n) is 26.6. The fourth-order valence-electron chi connectivity index (χ4n) is 6.07. The molecular formula is C37H38N2O7. The number of likely N-dealkylation sites (N-methyl/N-ethyl adjacent to an activating group) is 1. The van der Waals surface area contributed by atoms with Crippen LogP contribution in [-0.4, -0.2) is 55.9 Å². The lowest BCUT2D eigenvalue weighted by molar-refractivity contribution is -0.290. The van der Waals surface area contributed by atoms with E-state index >= 15 is 0 Å². The average Bonchev–Trinajstić information content (AvgIpc) is 3.10. The van der Waals surface area contributed by atoms with Gasteiger partial charge in [-0.3, -0.25) is 14.5 Å². The number of benzene rings is 4. The van der Waals surface area contributed by atoms with Gasteiger partial charge in [-0.15, -0.1) is 0 Å². The largest absolute Gasteiger partial charge is 0.497 e. The van der Waals surface area contributed by atoms with Gasteiger partial charge in [0.1, 0.15) is 36.0 Å². The molecule has 0 saturated carbocycles. The topological polar surface area (TPSA) is 86.8 Å². The summed E-state index contributed by atoms with van der Waals surface area (Å²) in [5.41, 5.74) is 3.24. The second kappa shape index (κ2) is 12.9. The van der Waals surface area contributed by atoms with Crippen LogP contribution in [0, 0.1) is 0 Å². The van der Waals surface area contributed by atoms with E-state index in [0.717, 1.165) is 11.1 Å². The first-order valence-electron chi connectivity index (χ1n) is 15.2. The quantitative estimate of drug-likeness (QED) is 0.198. The van der Waals surface area contributed by atoms with Crippen LogP contribution in [0.15, 0.2) is 103 Å². The standard InChI is InChI=1S/C37H38N2O7/c1-24-33(26-14-10-7-11-15-26)45-37(2,36(41)38(24)3)46-34-32(39(35(34)40)27-16-18-28(42-4)19-17-27)30-21-20-29(43-5)22-31(30)44-23-25-12-8-6-9-13-25/h6-22,24,32-34H,23H2,1-5H3/t24-,32+,33-,34-,37+/m0/s1. The van der Waals surface area contributed by atoms with Gasteiger partial charge in [0.05, 0.1) is 20.3 Å². The van der Waals surface area contributed by atoms with Crippen LogP contribution < -0.4 is 19.1 Å². The summed E-state index contributed by atoms with van der Waals surface area (Å²) < 4.78 is 30.3. The van der Waals surface area contributed by atoms with Crippen molar-refractivity contribution in [1.82, 2.24) is 4.90 Å².